The van der Waals surface area contributed by atoms with Crippen LogP contribution in [0.1, 0.15) is 25.0 Å². The molecule has 0 spiro atoms. The van der Waals surface area contributed by atoms with Crippen LogP contribution in [0.25, 0.3) is 10.8 Å². The van der Waals surface area contributed by atoms with Crippen LogP contribution in [0.3, 0.4) is 0 Å². The van der Waals surface area contributed by atoms with Crippen LogP contribution in [0.5, 0.6) is 0 Å². The fourth-order valence-corrected chi connectivity index (χ4v) is 4.03. The van der Waals surface area contributed by atoms with E-state index < -0.39 is 0 Å². The zero-order chi connectivity index (χ0) is 19.7. The van der Waals surface area contributed by atoms with Gasteiger partial charge >= 0.3 is 0 Å². The summed E-state index contributed by atoms with van der Waals surface area (Å²) >= 11 is 0. The summed E-state index contributed by atoms with van der Waals surface area (Å²) in [6, 6.07) is 22.0. The minimum atomic E-state index is -0.165. The molecular formula is C24H23CoN3O. The zero-order valence-corrected chi connectivity index (χ0v) is 17.7. The second kappa shape index (κ2) is 8.23. The Morgan fingerprint density at radius 2 is 1.66 bits per heavy atom. The molecule has 149 valence electrons. The molecule has 1 N–H and O–H groups in total. The van der Waals surface area contributed by atoms with Crippen molar-refractivity contribution >= 4 is 28.6 Å². The van der Waals surface area contributed by atoms with Crippen molar-refractivity contribution in [2.45, 2.75) is 19.3 Å². The summed E-state index contributed by atoms with van der Waals surface area (Å²) in [5.41, 5.74) is 4.14. The van der Waals surface area contributed by atoms with Crippen LogP contribution in [0.15, 0.2) is 88.7 Å². The van der Waals surface area contributed by atoms with Crippen LogP contribution in [0.4, 0.5) is 5.69 Å². The number of hydrogen-bond donors (Lipinski definition) is 1. The summed E-state index contributed by atoms with van der Waals surface area (Å²) in [7, 11) is 2.08. The predicted molar refractivity (Wildman–Crippen MR) is 118 cm³/mol. The van der Waals surface area contributed by atoms with Gasteiger partial charge in [-0.15, -0.1) is 5.10 Å². The van der Waals surface area contributed by atoms with E-state index in [1.807, 2.05) is 24.3 Å². The Bertz CT molecular complexity index is 1120. The van der Waals surface area contributed by atoms with Crippen LogP contribution < -0.4 is 4.90 Å². The van der Waals surface area contributed by atoms with Crippen LogP contribution in [0, 0.1) is 0 Å². The smallest absolute Gasteiger partial charge is 0.238 e. The standard InChI is InChI=1S/C24H23N3O.Co/c1-24(2)21(15-16-25-26-23(28)18-10-5-4-6-11-18)27(3)20-14-13-17-9-7-8-12-19(17)22(20)24;/h4-16H,1-3H3,(H,26,28);/b21-15-,25-16+;. The Morgan fingerprint density at radius 3 is 2.41 bits per heavy atom. The molecule has 0 aliphatic carbocycles. The van der Waals surface area contributed by atoms with E-state index in [4.69, 9.17) is 0 Å². The molecule has 0 bridgehead atoms. The molecule has 0 fully saturated rings. The number of hydrogen-bond acceptors (Lipinski definition) is 3. The largest absolute Gasteiger partial charge is 0.492 e. The molecule has 0 atom stereocenters. The van der Waals surface area contributed by atoms with Crippen LogP contribution in [0.2, 0.25) is 0 Å². The van der Waals surface area contributed by atoms with E-state index >= 15 is 0 Å². The molecule has 3 aromatic rings. The van der Waals surface area contributed by atoms with Crippen molar-refractivity contribution in [2.24, 2.45) is 10.2 Å². The maximum Gasteiger partial charge on any atom is 0.238 e. The number of aliphatic hydroxyl groups excluding tert-OH is 1. The first-order chi connectivity index (χ1) is 13.5. The third kappa shape index (κ3) is 3.71. The minimum absolute atomic E-state index is 0. The van der Waals surface area contributed by atoms with Crippen molar-refractivity contribution in [1.29, 1.82) is 0 Å². The van der Waals surface area contributed by atoms with Gasteiger partial charge in [-0.3, -0.25) is 0 Å². The van der Waals surface area contributed by atoms with E-state index in [-0.39, 0.29) is 28.1 Å². The Hall–Kier alpha value is -2.89. The number of nitrogens with zero attached hydrogens (tertiary/aromatic N) is 3. The Morgan fingerprint density at radius 1 is 0.966 bits per heavy atom. The van der Waals surface area contributed by atoms with Gasteiger partial charge in [-0.2, -0.15) is 5.10 Å². The van der Waals surface area contributed by atoms with E-state index in [1.54, 1.807) is 18.3 Å². The number of rotatable bonds is 3. The molecule has 1 radical (unpaired) electrons. The molecule has 29 heavy (non-hydrogen) atoms. The van der Waals surface area contributed by atoms with Crippen molar-refractivity contribution in [3.05, 3.63) is 89.6 Å². The second-order valence-corrected chi connectivity index (χ2v) is 7.47. The second-order valence-electron chi connectivity index (χ2n) is 7.47. The SMILES string of the molecule is CN1\C(=C/C=N/N=C(\O)c2ccccc2)C(C)(C)c2c1ccc1ccccc21.[Co]. The van der Waals surface area contributed by atoms with Gasteiger partial charge in [0.25, 0.3) is 0 Å². The van der Waals surface area contributed by atoms with E-state index in [0.717, 1.165) is 5.70 Å². The average Bonchev–Trinajstić information content (AvgIpc) is 2.91. The first-order valence-corrected chi connectivity index (χ1v) is 9.32. The molecular weight excluding hydrogens is 405 g/mol. The van der Waals surface area contributed by atoms with Crippen molar-refractivity contribution in [2.75, 3.05) is 11.9 Å². The number of fused-ring (bicyclic) bond motifs is 3. The number of benzene rings is 3. The van der Waals surface area contributed by atoms with E-state index in [9.17, 15) is 5.11 Å². The van der Waals surface area contributed by atoms with Gasteiger partial charge in [0.2, 0.25) is 5.90 Å². The molecule has 1 heterocycles. The third-order valence-electron chi connectivity index (χ3n) is 5.38. The predicted octanol–water partition coefficient (Wildman–Crippen LogP) is 5.44. The monoisotopic (exact) mass is 428 g/mol. The van der Waals surface area contributed by atoms with Gasteiger partial charge in [-0.1, -0.05) is 62.4 Å². The van der Waals surface area contributed by atoms with Gasteiger partial charge < -0.3 is 10.0 Å². The fourth-order valence-electron chi connectivity index (χ4n) is 4.03. The molecule has 0 amide bonds. The summed E-state index contributed by atoms with van der Waals surface area (Å²) in [4.78, 5) is 2.20. The van der Waals surface area contributed by atoms with Gasteiger partial charge in [-0.25, -0.2) is 0 Å². The normalized spacial score (nSPS) is 17.0. The van der Waals surface area contributed by atoms with Crippen LogP contribution in [-0.2, 0) is 22.2 Å². The summed E-state index contributed by atoms with van der Waals surface area (Å²) in [6.45, 7) is 4.46. The molecule has 0 unspecified atom stereocenters. The molecule has 0 aromatic heterocycles. The molecule has 4 nitrogen and oxygen atoms in total. The number of aliphatic hydroxyl groups is 1. The van der Waals surface area contributed by atoms with Crippen molar-refractivity contribution in [3.63, 3.8) is 0 Å². The Balaban J connectivity index is 0.00000240. The van der Waals surface area contributed by atoms with Crippen LogP contribution in [-0.4, -0.2) is 24.3 Å². The Kier molecular flexibility index (Phi) is 5.91. The third-order valence-corrected chi connectivity index (χ3v) is 5.38. The first kappa shape index (κ1) is 20.8. The maximum atomic E-state index is 10.0. The van der Waals surface area contributed by atoms with Crippen molar-refractivity contribution < 1.29 is 21.9 Å². The summed E-state index contributed by atoms with van der Waals surface area (Å²) in [5.74, 6) is -0.0939. The molecule has 5 heteroatoms. The van der Waals surface area contributed by atoms with Gasteiger partial charge in [0.15, 0.2) is 0 Å². The van der Waals surface area contributed by atoms with E-state index in [0.29, 0.717) is 5.56 Å². The number of anilines is 1. The topological polar surface area (TPSA) is 48.2 Å². The van der Waals surface area contributed by atoms with Gasteiger partial charge in [0.05, 0.1) is 6.21 Å². The molecule has 3 aromatic carbocycles. The summed E-state index contributed by atoms with van der Waals surface area (Å²) in [6.07, 6.45) is 3.61. The quantitative estimate of drug-likeness (QED) is 0.343. The van der Waals surface area contributed by atoms with Crippen molar-refractivity contribution in [3.8, 4) is 0 Å². The minimum Gasteiger partial charge on any atom is -0.492 e. The maximum absolute atomic E-state index is 10.0. The van der Waals surface area contributed by atoms with Crippen molar-refractivity contribution in [1.82, 2.24) is 0 Å². The number of likely N-dealkylation sites (N-methyl/N-ethyl adjacent to an activating group) is 1. The first-order valence-electron chi connectivity index (χ1n) is 9.32. The molecule has 1 aliphatic rings. The van der Waals surface area contributed by atoms with E-state index in [2.05, 4.69) is 72.4 Å². The summed E-state index contributed by atoms with van der Waals surface area (Å²) < 4.78 is 0. The number of allylic oxidation sites excluding steroid dienone is 2. The molecule has 4 rings (SSSR count). The summed E-state index contributed by atoms with van der Waals surface area (Å²) in [5, 5.41) is 20.5. The zero-order valence-electron chi connectivity index (χ0n) is 16.6. The Labute approximate surface area is 181 Å². The fraction of sp³-hybridized carbons (Fsp3) is 0.167. The van der Waals surface area contributed by atoms with E-state index in [1.165, 1.54) is 22.0 Å². The van der Waals surface area contributed by atoms with Gasteiger partial charge in [-0.05, 0) is 40.6 Å². The van der Waals surface area contributed by atoms with Gasteiger partial charge in [0.1, 0.15) is 0 Å². The average molecular weight is 428 g/mol. The van der Waals surface area contributed by atoms with Crippen LogP contribution >= 0.6 is 0 Å². The molecule has 0 saturated carbocycles. The van der Waals surface area contributed by atoms with Gasteiger partial charge in [0, 0.05) is 46.2 Å². The molecule has 0 saturated heterocycles. The molecule has 1 aliphatic heterocycles.